The zero-order valence-electron chi connectivity index (χ0n) is 18.8. The number of aromatic nitrogens is 2. The third-order valence-electron chi connectivity index (χ3n) is 5.40. The normalized spacial score (nSPS) is 12.3. The lowest BCUT2D eigenvalue weighted by molar-refractivity contribution is 0.101. The molecule has 166 valence electrons. The van der Waals surface area contributed by atoms with E-state index in [1.807, 2.05) is 6.07 Å². The van der Waals surface area contributed by atoms with Crippen LogP contribution in [0.4, 0.5) is 0 Å². The average Bonchev–Trinajstić information content (AvgIpc) is 3.21. The molecule has 2 aromatic carbocycles. The zero-order valence-corrected chi connectivity index (χ0v) is 18.8. The number of hydrogen-bond acceptors (Lipinski definition) is 4. The molecule has 0 fully saturated rings. The molecule has 5 heteroatoms. The van der Waals surface area contributed by atoms with Crippen molar-refractivity contribution in [3.63, 3.8) is 0 Å². The van der Waals surface area contributed by atoms with Crippen LogP contribution in [0.3, 0.4) is 0 Å². The number of imidazole rings is 1. The van der Waals surface area contributed by atoms with E-state index in [0.717, 1.165) is 29.0 Å². The molecule has 1 N–H and O–H groups in total. The Morgan fingerprint density at radius 3 is 2.39 bits per heavy atom. The highest BCUT2D eigenvalue weighted by atomic mass is 16.6. The first-order valence-electron chi connectivity index (χ1n) is 11.5. The van der Waals surface area contributed by atoms with Gasteiger partial charge in [-0.3, -0.25) is 4.79 Å². The first-order valence-corrected chi connectivity index (χ1v) is 11.5. The van der Waals surface area contributed by atoms with Crippen LogP contribution < -0.4 is 9.47 Å². The number of rotatable bonds is 9. The summed E-state index contributed by atoms with van der Waals surface area (Å²) in [6.45, 7) is 4.92. The number of nitrogens with one attached hydrogen (secondary N) is 1. The Morgan fingerprint density at radius 2 is 1.65 bits per heavy atom. The smallest absolute Gasteiger partial charge is 0.162 e. The van der Waals surface area contributed by atoms with Gasteiger partial charge in [-0.15, -0.1) is 0 Å². The summed E-state index contributed by atoms with van der Waals surface area (Å²) in [6.07, 6.45) is 10.6. The Bertz CT molecular complexity index is 931. The molecule has 0 aliphatic carbocycles. The molecule has 0 amide bonds. The van der Waals surface area contributed by atoms with Crippen molar-refractivity contribution in [2.75, 3.05) is 13.2 Å². The van der Waals surface area contributed by atoms with E-state index in [4.69, 9.17) is 9.47 Å². The summed E-state index contributed by atoms with van der Waals surface area (Å²) in [6, 6.07) is 13.5. The van der Waals surface area contributed by atoms with Crippen LogP contribution >= 0.6 is 0 Å². The van der Waals surface area contributed by atoms with Crippen molar-refractivity contribution in [1.82, 2.24) is 9.97 Å². The number of Topliss-reactive ketones (excluding diaryl/α,β-unsaturated/α-hetero) is 1. The SMILES string of the molecule is CC(=O)c1ccc2c(c1)OCCO2.CCCCCCCCCc1nc2ccccc2[nH]1. The maximum Gasteiger partial charge on any atom is 0.162 e. The van der Waals surface area contributed by atoms with Gasteiger partial charge in [0.25, 0.3) is 0 Å². The molecule has 2 heterocycles. The fourth-order valence-electron chi connectivity index (χ4n) is 3.64. The number of unbranched alkanes of at least 4 members (excludes halogenated alkanes) is 6. The van der Waals surface area contributed by atoms with Gasteiger partial charge in [-0.25, -0.2) is 4.98 Å². The molecule has 1 aromatic heterocycles. The molecule has 1 aliphatic rings. The Labute approximate surface area is 185 Å². The minimum atomic E-state index is 0.0389. The molecule has 0 radical (unpaired) electrons. The Morgan fingerprint density at radius 1 is 0.935 bits per heavy atom. The quantitative estimate of drug-likeness (QED) is 0.315. The third-order valence-corrected chi connectivity index (χ3v) is 5.40. The number of H-pyrrole nitrogens is 1. The Kier molecular flexibility index (Phi) is 8.95. The van der Waals surface area contributed by atoms with Gasteiger partial charge in [-0.05, 0) is 43.7 Å². The van der Waals surface area contributed by atoms with E-state index in [-0.39, 0.29) is 5.78 Å². The van der Waals surface area contributed by atoms with Gasteiger partial charge in [0.1, 0.15) is 19.0 Å². The monoisotopic (exact) mass is 422 g/mol. The van der Waals surface area contributed by atoms with Gasteiger partial charge >= 0.3 is 0 Å². The van der Waals surface area contributed by atoms with Crippen molar-refractivity contribution < 1.29 is 14.3 Å². The summed E-state index contributed by atoms with van der Waals surface area (Å²) >= 11 is 0. The van der Waals surface area contributed by atoms with Crippen LogP contribution in [0, 0.1) is 0 Å². The minimum absolute atomic E-state index is 0.0389. The molecule has 0 unspecified atom stereocenters. The topological polar surface area (TPSA) is 64.2 Å². The van der Waals surface area contributed by atoms with E-state index < -0.39 is 0 Å². The van der Waals surface area contributed by atoms with Crippen LogP contribution in [0.25, 0.3) is 11.0 Å². The summed E-state index contributed by atoms with van der Waals surface area (Å²) in [5.74, 6) is 2.57. The van der Waals surface area contributed by atoms with E-state index in [2.05, 4.69) is 35.1 Å². The molecule has 5 nitrogen and oxygen atoms in total. The van der Waals surface area contributed by atoms with E-state index in [1.165, 1.54) is 51.9 Å². The molecule has 0 saturated heterocycles. The van der Waals surface area contributed by atoms with Crippen LogP contribution in [0.5, 0.6) is 11.5 Å². The highest BCUT2D eigenvalue weighted by Crippen LogP contribution is 2.30. The summed E-state index contributed by atoms with van der Waals surface area (Å²) in [5.41, 5.74) is 2.91. The highest BCUT2D eigenvalue weighted by Gasteiger charge is 2.12. The highest BCUT2D eigenvalue weighted by molar-refractivity contribution is 5.94. The van der Waals surface area contributed by atoms with Crippen LogP contribution in [0.15, 0.2) is 42.5 Å². The standard InChI is InChI=1S/C16H24N2.C10H10O3/c1-2-3-4-5-6-7-8-13-16-17-14-11-9-10-12-15(14)18-16;1-7(11)8-2-3-9-10(6-8)13-5-4-12-9/h9-12H,2-8,13H2,1H3,(H,17,18);2-3,6H,4-5H2,1H3. The predicted molar refractivity (Wildman–Crippen MR) is 125 cm³/mol. The van der Waals surface area contributed by atoms with E-state index in [9.17, 15) is 4.79 Å². The lowest BCUT2D eigenvalue weighted by Gasteiger charge is -2.18. The van der Waals surface area contributed by atoms with Gasteiger partial charge in [-0.1, -0.05) is 57.6 Å². The fourth-order valence-corrected chi connectivity index (χ4v) is 3.64. The summed E-state index contributed by atoms with van der Waals surface area (Å²) < 4.78 is 10.7. The number of ether oxygens (including phenoxy) is 2. The van der Waals surface area contributed by atoms with Crippen LogP contribution in [-0.2, 0) is 6.42 Å². The molecular weight excluding hydrogens is 388 g/mol. The lowest BCUT2D eigenvalue weighted by atomic mass is 10.1. The number of carbonyl (C=O) groups is 1. The van der Waals surface area contributed by atoms with Crippen LogP contribution in [0.1, 0.15) is 75.0 Å². The van der Waals surface area contributed by atoms with Gasteiger partial charge < -0.3 is 14.5 Å². The molecule has 0 bridgehead atoms. The van der Waals surface area contributed by atoms with E-state index in [0.29, 0.717) is 24.5 Å². The second-order valence-electron chi connectivity index (χ2n) is 7.99. The number of para-hydroxylation sites is 2. The summed E-state index contributed by atoms with van der Waals surface area (Å²) in [7, 11) is 0. The molecule has 3 aromatic rings. The molecule has 0 spiro atoms. The number of benzene rings is 2. The van der Waals surface area contributed by atoms with Crippen molar-refractivity contribution in [2.24, 2.45) is 0 Å². The third kappa shape index (κ3) is 7.12. The Hall–Kier alpha value is -2.82. The number of fused-ring (bicyclic) bond motifs is 2. The molecule has 4 rings (SSSR count). The number of nitrogens with zero attached hydrogens (tertiary/aromatic N) is 1. The average molecular weight is 423 g/mol. The van der Waals surface area contributed by atoms with Gasteiger partial charge in [0.05, 0.1) is 11.0 Å². The van der Waals surface area contributed by atoms with Crippen molar-refractivity contribution in [3.05, 3.63) is 53.9 Å². The second-order valence-corrected chi connectivity index (χ2v) is 7.99. The number of carbonyl (C=O) groups excluding carboxylic acids is 1. The van der Waals surface area contributed by atoms with E-state index in [1.54, 1.807) is 18.2 Å². The van der Waals surface area contributed by atoms with Gasteiger partial charge in [0, 0.05) is 12.0 Å². The van der Waals surface area contributed by atoms with Crippen LogP contribution in [-0.4, -0.2) is 29.0 Å². The summed E-state index contributed by atoms with van der Waals surface area (Å²) in [4.78, 5) is 19.0. The van der Waals surface area contributed by atoms with Gasteiger partial charge in [-0.2, -0.15) is 0 Å². The molecule has 0 atom stereocenters. The molecule has 31 heavy (non-hydrogen) atoms. The molecular formula is C26H34N2O3. The summed E-state index contributed by atoms with van der Waals surface area (Å²) in [5, 5.41) is 0. The number of ketones is 1. The minimum Gasteiger partial charge on any atom is -0.486 e. The predicted octanol–water partition coefficient (Wildman–Crippen LogP) is 6.52. The maximum absolute atomic E-state index is 11.0. The fraction of sp³-hybridized carbons (Fsp3) is 0.462. The van der Waals surface area contributed by atoms with Crippen molar-refractivity contribution >= 4 is 16.8 Å². The van der Waals surface area contributed by atoms with Crippen molar-refractivity contribution in [1.29, 1.82) is 0 Å². The largest absolute Gasteiger partial charge is 0.486 e. The number of aromatic amines is 1. The van der Waals surface area contributed by atoms with E-state index >= 15 is 0 Å². The molecule has 0 saturated carbocycles. The van der Waals surface area contributed by atoms with Gasteiger partial charge in [0.15, 0.2) is 17.3 Å². The Balaban J connectivity index is 0.000000185. The lowest BCUT2D eigenvalue weighted by Crippen LogP contribution is -2.15. The maximum atomic E-state index is 11.0. The first kappa shape index (κ1) is 22.9. The van der Waals surface area contributed by atoms with Crippen LogP contribution in [0.2, 0.25) is 0 Å². The number of aryl methyl sites for hydroxylation is 1. The first-order chi connectivity index (χ1) is 15.2. The zero-order chi connectivity index (χ0) is 21.9. The van der Waals surface area contributed by atoms with Crippen molar-refractivity contribution in [3.8, 4) is 11.5 Å². The van der Waals surface area contributed by atoms with Gasteiger partial charge in [0.2, 0.25) is 0 Å². The van der Waals surface area contributed by atoms with Crippen molar-refractivity contribution in [2.45, 2.75) is 65.2 Å². The molecule has 1 aliphatic heterocycles. The number of hydrogen-bond donors (Lipinski definition) is 1. The second kappa shape index (κ2) is 12.1.